The third-order valence-corrected chi connectivity index (χ3v) is 5.48. The van der Waals surface area contributed by atoms with Gasteiger partial charge < -0.3 is 10.2 Å². The van der Waals surface area contributed by atoms with Crippen molar-refractivity contribution in [1.29, 1.82) is 0 Å². The van der Waals surface area contributed by atoms with Crippen molar-refractivity contribution in [3.05, 3.63) is 92.7 Å². The minimum atomic E-state index is -0.251. The van der Waals surface area contributed by atoms with Gasteiger partial charge in [0.05, 0.1) is 12.2 Å². The van der Waals surface area contributed by atoms with E-state index in [1.165, 1.54) is 11.0 Å². The number of aryl methyl sites for hydroxylation is 1. The van der Waals surface area contributed by atoms with Crippen molar-refractivity contribution in [1.82, 2.24) is 20.0 Å². The highest BCUT2D eigenvalue weighted by atomic mass is 35.5. The van der Waals surface area contributed by atoms with Gasteiger partial charge in [-0.25, -0.2) is 4.68 Å². The summed E-state index contributed by atoms with van der Waals surface area (Å²) in [7, 11) is 3.41. The SMILES string of the molecule is Cc1nn(Cc2ccc(Cl)cc2)c(Cl)c1/C=C/C(=O)NCc1ccc(C(=O)N(C)C)cc1. The molecule has 1 aromatic heterocycles. The highest BCUT2D eigenvalue weighted by Gasteiger charge is 2.12. The molecule has 0 fully saturated rings. The molecule has 0 atom stereocenters. The number of halogens is 2. The smallest absolute Gasteiger partial charge is 0.253 e. The Balaban J connectivity index is 1.60. The molecule has 0 aliphatic carbocycles. The number of hydrogen-bond donors (Lipinski definition) is 1. The average molecular weight is 471 g/mol. The van der Waals surface area contributed by atoms with Crippen LogP contribution in [0.5, 0.6) is 0 Å². The van der Waals surface area contributed by atoms with Crippen molar-refractivity contribution in [3.8, 4) is 0 Å². The molecular formula is C24H24Cl2N4O2. The zero-order valence-corrected chi connectivity index (χ0v) is 19.6. The number of aromatic nitrogens is 2. The highest BCUT2D eigenvalue weighted by Crippen LogP contribution is 2.22. The molecule has 0 saturated heterocycles. The number of hydrogen-bond acceptors (Lipinski definition) is 3. The molecule has 2 amide bonds. The molecule has 0 aliphatic heterocycles. The summed E-state index contributed by atoms with van der Waals surface area (Å²) in [6, 6.07) is 14.6. The molecule has 0 unspecified atom stereocenters. The summed E-state index contributed by atoms with van der Waals surface area (Å²) in [5.41, 5.74) is 3.94. The van der Waals surface area contributed by atoms with E-state index in [9.17, 15) is 9.59 Å². The minimum Gasteiger partial charge on any atom is -0.348 e. The van der Waals surface area contributed by atoms with E-state index in [-0.39, 0.29) is 11.8 Å². The van der Waals surface area contributed by atoms with Crippen LogP contribution >= 0.6 is 23.2 Å². The van der Waals surface area contributed by atoms with Crippen LogP contribution in [-0.4, -0.2) is 40.6 Å². The Morgan fingerprint density at radius 1 is 1.03 bits per heavy atom. The summed E-state index contributed by atoms with van der Waals surface area (Å²) in [5.74, 6) is -0.313. The summed E-state index contributed by atoms with van der Waals surface area (Å²) < 4.78 is 1.69. The van der Waals surface area contributed by atoms with Gasteiger partial charge in [0.1, 0.15) is 5.15 Å². The number of benzene rings is 2. The molecule has 0 spiro atoms. The van der Waals surface area contributed by atoms with Gasteiger partial charge in [0.2, 0.25) is 5.91 Å². The van der Waals surface area contributed by atoms with Crippen LogP contribution in [0.25, 0.3) is 6.08 Å². The van der Waals surface area contributed by atoms with E-state index in [0.717, 1.165) is 16.8 Å². The number of carbonyl (C=O) groups is 2. The summed E-state index contributed by atoms with van der Waals surface area (Å²) in [5, 5.41) is 8.43. The number of carbonyl (C=O) groups excluding carboxylic acids is 2. The van der Waals surface area contributed by atoms with E-state index in [1.807, 2.05) is 43.3 Å². The Kier molecular flexibility index (Phi) is 7.72. The second-order valence-electron chi connectivity index (χ2n) is 7.52. The fourth-order valence-corrected chi connectivity index (χ4v) is 3.48. The molecule has 1 N–H and O–H groups in total. The average Bonchev–Trinajstić information content (AvgIpc) is 3.04. The highest BCUT2D eigenvalue weighted by molar-refractivity contribution is 6.31. The van der Waals surface area contributed by atoms with Crippen molar-refractivity contribution in [2.45, 2.75) is 20.0 Å². The van der Waals surface area contributed by atoms with Crippen LogP contribution in [-0.2, 0) is 17.9 Å². The van der Waals surface area contributed by atoms with Gasteiger partial charge in [-0.05, 0) is 48.4 Å². The zero-order chi connectivity index (χ0) is 23.3. The maximum Gasteiger partial charge on any atom is 0.253 e. The second-order valence-corrected chi connectivity index (χ2v) is 8.32. The summed E-state index contributed by atoms with van der Waals surface area (Å²) in [6.07, 6.45) is 3.10. The molecule has 166 valence electrons. The Labute approximate surface area is 197 Å². The molecule has 8 heteroatoms. The maximum atomic E-state index is 12.3. The summed E-state index contributed by atoms with van der Waals surface area (Å²) >= 11 is 12.4. The van der Waals surface area contributed by atoms with E-state index >= 15 is 0 Å². The van der Waals surface area contributed by atoms with Gasteiger partial charge in [0.25, 0.3) is 5.91 Å². The van der Waals surface area contributed by atoms with Crippen LogP contribution in [0.1, 0.15) is 32.7 Å². The third-order valence-electron chi connectivity index (χ3n) is 4.83. The molecule has 3 rings (SSSR count). The number of nitrogens with zero attached hydrogens (tertiary/aromatic N) is 3. The van der Waals surface area contributed by atoms with Gasteiger partial charge >= 0.3 is 0 Å². The predicted octanol–water partition coefficient (Wildman–Crippen LogP) is 4.58. The Bertz CT molecular complexity index is 1130. The predicted molar refractivity (Wildman–Crippen MR) is 128 cm³/mol. The van der Waals surface area contributed by atoms with Crippen LogP contribution in [0.15, 0.2) is 54.6 Å². The minimum absolute atomic E-state index is 0.0626. The van der Waals surface area contributed by atoms with Gasteiger partial charge in [-0.1, -0.05) is 47.5 Å². The zero-order valence-electron chi connectivity index (χ0n) is 18.1. The molecule has 1 heterocycles. The van der Waals surface area contributed by atoms with Crippen LogP contribution in [0.3, 0.4) is 0 Å². The molecule has 0 bridgehead atoms. The first-order valence-electron chi connectivity index (χ1n) is 9.98. The Hall–Kier alpha value is -3.09. The quantitative estimate of drug-likeness (QED) is 0.513. The fourth-order valence-electron chi connectivity index (χ4n) is 3.05. The molecule has 32 heavy (non-hydrogen) atoms. The summed E-state index contributed by atoms with van der Waals surface area (Å²) in [6.45, 7) is 2.70. The fraction of sp³-hybridized carbons (Fsp3) is 0.208. The molecule has 0 radical (unpaired) electrons. The second kappa shape index (κ2) is 10.5. The number of rotatable bonds is 7. The van der Waals surface area contributed by atoms with Crippen LogP contribution in [0.4, 0.5) is 0 Å². The first-order chi connectivity index (χ1) is 15.2. The van der Waals surface area contributed by atoms with Crippen molar-refractivity contribution in [2.24, 2.45) is 0 Å². The lowest BCUT2D eigenvalue weighted by molar-refractivity contribution is -0.116. The number of amides is 2. The Morgan fingerprint density at radius 3 is 2.28 bits per heavy atom. The number of nitrogens with one attached hydrogen (secondary N) is 1. The molecule has 2 aromatic carbocycles. The van der Waals surface area contributed by atoms with Crippen molar-refractivity contribution in [3.63, 3.8) is 0 Å². The van der Waals surface area contributed by atoms with Crippen molar-refractivity contribution < 1.29 is 9.59 Å². The van der Waals surface area contributed by atoms with Gasteiger partial charge in [-0.3, -0.25) is 9.59 Å². The Morgan fingerprint density at radius 2 is 1.66 bits per heavy atom. The van der Waals surface area contributed by atoms with E-state index in [4.69, 9.17) is 23.2 Å². The van der Waals surface area contributed by atoms with E-state index in [2.05, 4.69) is 10.4 Å². The van der Waals surface area contributed by atoms with Gasteiger partial charge in [-0.2, -0.15) is 5.10 Å². The lowest BCUT2D eigenvalue weighted by atomic mass is 10.1. The molecule has 0 saturated carbocycles. The van der Waals surface area contributed by atoms with Gasteiger partial charge in [-0.15, -0.1) is 0 Å². The molecule has 6 nitrogen and oxygen atoms in total. The van der Waals surface area contributed by atoms with Gasteiger partial charge in [0.15, 0.2) is 0 Å². The summed E-state index contributed by atoms with van der Waals surface area (Å²) in [4.78, 5) is 25.7. The largest absolute Gasteiger partial charge is 0.348 e. The molecule has 0 aliphatic rings. The maximum absolute atomic E-state index is 12.3. The van der Waals surface area contributed by atoms with Crippen LogP contribution in [0, 0.1) is 6.92 Å². The topological polar surface area (TPSA) is 67.2 Å². The standard InChI is InChI=1S/C24H24Cl2N4O2/c1-16-21(23(26)30(28-16)15-18-6-10-20(25)11-7-18)12-13-22(31)27-14-17-4-8-19(9-5-17)24(32)29(2)3/h4-13H,14-15H2,1-3H3,(H,27,31)/b13-12+. The van der Waals surface area contributed by atoms with Crippen LogP contribution < -0.4 is 5.32 Å². The van der Waals surface area contributed by atoms with Gasteiger partial charge in [0, 0.05) is 42.9 Å². The lowest BCUT2D eigenvalue weighted by Crippen LogP contribution is -2.22. The lowest BCUT2D eigenvalue weighted by Gasteiger charge is -2.10. The van der Waals surface area contributed by atoms with Crippen molar-refractivity contribution in [2.75, 3.05) is 14.1 Å². The van der Waals surface area contributed by atoms with Crippen molar-refractivity contribution >= 4 is 41.1 Å². The molecule has 3 aromatic rings. The van der Waals surface area contributed by atoms with E-state index in [1.54, 1.807) is 37.0 Å². The molecular weight excluding hydrogens is 447 g/mol. The monoisotopic (exact) mass is 470 g/mol. The first kappa shape index (κ1) is 23.6. The first-order valence-corrected chi connectivity index (χ1v) is 10.7. The normalized spacial score (nSPS) is 11.0. The third kappa shape index (κ3) is 5.99. The van der Waals surface area contributed by atoms with Crippen LogP contribution in [0.2, 0.25) is 10.2 Å². The van der Waals surface area contributed by atoms with E-state index in [0.29, 0.717) is 34.4 Å². The van der Waals surface area contributed by atoms with E-state index < -0.39 is 0 Å².